The number of hydrogen-bond acceptors (Lipinski definition) is 4. The van der Waals surface area contributed by atoms with Gasteiger partial charge in [0.15, 0.2) is 0 Å². The summed E-state index contributed by atoms with van der Waals surface area (Å²) in [5.41, 5.74) is 0.868. The zero-order chi connectivity index (χ0) is 18.3. The van der Waals surface area contributed by atoms with Crippen molar-refractivity contribution < 1.29 is 14.4 Å². The third kappa shape index (κ3) is 3.08. The van der Waals surface area contributed by atoms with Crippen LogP contribution in [0.4, 0.5) is 5.69 Å². The van der Waals surface area contributed by atoms with Gasteiger partial charge in [0.2, 0.25) is 5.91 Å². The predicted molar refractivity (Wildman–Crippen MR) is 99.7 cm³/mol. The Morgan fingerprint density at radius 1 is 1.31 bits per heavy atom. The smallest absolute Gasteiger partial charge is 0.261 e. The van der Waals surface area contributed by atoms with E-state index in [4.69, 9.17) is 11.6 Å². The second kappa shape index (κ2) is 6.74. The molecule has 3 heterocycles. The van der Waals surface area contributed by atoms with Crippen molar-refractivity contribution >= 4 is 46.3 Å². The van der Waals surface area contributed by atoms with Gasteiger partial charge in [0.1, 0.15) is 6.04 Å². The van der Waals surface area contributed by atoms with Crippen molar-refractivity contribution in [3.63, 3.8) is 0 Å². The van der Waals surface area contributed by atoms with E-state index in [1.54, 1.807) is 29.2 Å². The van der Waals surface area contributed by atoms with Crippen LogP contribution in [0.3, 0.4) is 0 Å². The number of nitrogens with one attached hydrogen (secondary N) is 2. The first-order chi connectivity index (χ1) is 12.5. The molecular weight excluding hydrogens is 374 g/mol. The SMILES string of the molecule is O=C(NC1CCN2C(=O)c3ccc(Cl)cc3NC(=O)C2C1)c1cccs1. The largest absolute Gasteiger partial charge is 0.348 e. The maximum Gasteiger partial charge on any atom is 0.261 e. The standard InChI is InChI=1S/C18H16ClN3O3S/c19-10-3-4-12-13(8-10)21-16(23)14-9-11(5-6-22(14)18(12)25)20-17(24)15-2-1-7-26-15/h1-4,7-8,11,14H,5-6,9H2,(H,20,24)(H,21,23). The molecule has 0 bridgehead atoms. The summed E-state index contributed by atoms with van der Waals surface area (Å²) in [7, 11) is 0. The lowest BCUT2D eigenvalue weighted by molar-refractivity contribution is -0.121. The monoisotopic (exact) mass is 389 g/mol. The summed E-state index contributed by atoms with van der Waals surface area (Å²) >= 11 is 7.36. The second-order valence-corrected chi connectivity index (χ2v) is 7.75. The predicted octanol–water partition coefficient (Wildman–Crippen LogP) is 2.76. The first-order valence-corrected chi connectivity index (χ1v) is 9.54. The molecule has 26 heavy (non-hydrogen) atoms. The summed E-state index contributed by atoms with van der Waals surface area (Å²) in [5.74, 6) is -0.591. The average Bonchev–Trinajstić information content (AvgIpc) is 3.13. The van der Waals surface area contributed by atoms with Gasteiger partial charge in [-0.15, -0.1) is 11.3 Å². The van der Waals surface area contributed by atoms with Crippen molar-refractivity contribution in [2.45, 2.75) is 24.9 Å². The molecule has 1 saturated heterocycles. The minimum Gasteiger partial charge on any atom is -0.348 e. The molecule has 2 aliphatic rings. The number of benzene rings is 1. The zero-order valence-corrected chi connectivity index (χ0v) is 15.3. The number of anilines is 1. The Morgan fingerprint density at radius 3 is 2.92 bits per heavy atom. The fourth-order valence-corrected chi connectivity index (χ4v) is 4.23. The number of carbonyl (C=O) groups excluding carboxylic acids is 3. The summed E-state index contributed by atoms with van der Waals surface area (Å²) < 4.78 is 0. The number of fused-ring (bicyclic) bond motifs is 2. The Hall–Kier alpha value is -2.38. The number of halogens is 1. The first-order valence-electron chi connectivity index (χ1n) is 8.28. The highest BCUT2D eigenvalue weighted by Gasteiger charge is 2.40. The van der Waals surface area contributed by atoms with Crippen LogP contribution in [-0.2, 0) is 4.79 Å². The minimum atomic E-state index is -0.615. The normalized spacial score (nSPS) is 22.1. The topological polar surface area (TPSA) is 78.5 Å². The number of amides is 3. The molecule has 2 N–H and O–H groups in total. The van der Waals surface area contributed by atoms with E-state index in [1.165, 1.54) is 11.3 Å². The quantitative estimate of drug-likeness (QED) is 0.828. The number of piperidine rings is 1. The fraction of sp³-hybridized carbons (Fsp3) is 0.278. The van der Waals surface area contributed by atoms with Gasteiger partial charge in [-0.05, 0) is 42.5 Å². The molecule has 6 nitrogen and oxygen atoms in total. The number of nitrogens with zero attached hydrogens (tertiary/aromatic N) is 1. The van der Waals surface area contributed by atoms with Crippen LogP contribution in [0.5, 0.6) is 0 Å². The van der Waals surface area contributed by atoms with Crippen molar-refractivity contribution in [1.29, 1.82) is 0 Å². The van der Waals surface area contributed by atoms with E-state index in [1.807, 2.05) is 11.4 Å². The van der Waals surface area contributed by atoms with Crippen LogP contribution in [0.25, 0.3) is 0 Å². The molecule has 0 spiro atoms. The van der Waals surface area contributed by atoms with E-state index in [0.29, 0.717) is 40.5 Å². The van der Waals surface area contributed by atoms with Gasteiger partial charge in [-0.25, -0.2) is 0 Å². The molecular formula is C18H16ClN3O3S. The summed E-state index contributed by atoms with van der Waals surface area (Å²) in [6, 6.07) is 7.66. The molecule has 1 aromatic carbocycles. The van der Waals surface area contributed by atoms with Gasteiger partial charge in [0.25, 0.3) is 11.8 Å². The summed E-state index contributed by atoms with van der Waals surface area (Å²) in [4.78, 5) is 40.0. The first kappa shape index (κ1) is 17.1. The molecule has 0 radical (unpaired) electrons. The van der Waals surface area contributed by atoms with Gasteiger partial charge >= 0.3 is 0 Å². The zero-order valence-electron chi connectivity index (χ0n) is 13.7. The van der Waals surface area contributed by atoms with E-state index < -0.39 is 6.04 Å². The lowest BCUT2D eigenvalue weighted by Gasteiger charge is -2.37. The molecule has 8 heteroatoms. The average molecular weight is 390 g/mol. The number of rotatable bonds is 2. The molecule has 0 aliphatic carbocycles. The van der Waals surface area contributed by atoms with Gasteiger partial charge in [0, 0.05) is 17.6 Å². The molecule has 0 saturated carbocycles. The Balaban J connectivity index is 1.54. The van der Waals surface area contributed by atoms with Crippen LogP contribution in [0, 0.1) is 0 Å². The highest BCUT2D eigenvalue weighted by atomic mass is 35.5. The Labute approximate surface area is 159 Å². The molecule has 134 valence electrons. The molecule has 2 unspecified atom stereocenters. The van der Waals surface area contributed by atoms with Crippen LogP contribution in [0.15, 0.2) is 35.7 Å². The fourth-order valence-electron chi connectivity index (χ4n) is 3.43. The van der Waals surface area contributed by atoms with Crippen LogP contribution in [0.1, 0.15) is 32.9 Å². The Morgan fingerprint density at radius 2 is 2.15 bits per heavy atom. The van der Waals surface area contributed by atoms with Crippen molar-refractivity contribution in [2.24, 2.45) is 0 Å². The van der Waals surface area contributed by atoms with Gasteiger partial charge in [0.05, 0.1) is 16.1 Å². The third-order valence-electron chi connectivity index (χ3n) is 4.72. The van der Waals surface area contributed by atoms with Crippen LogP contribution in [0.2, 0.25) is 5.02 Å². The molecule has 3 amide bonds. The van der Waals surface area contributed by atoms with E-state index in [2.05, 4.69) is 10.6 Å². The number of hydrogen-bond donors (Lipinski definition) is 2. The van der Waals surface area contributed by atoms with Crippen molar-refractivity contribution in [3.8, 4) is 0 Å². The van der Waals surface area contributed by atoms with Gasteiger partial charge in [-0.2, -0.15) is 0 Å². The highest BCUT2D eigenvalue weighted by Crippen LogP contribution is 2.30. The van der Waals surface area contributed by atoms with Gasteiger partial charge in [-0.3, -0.25) is 14.4 Å². The number of thiophene rings is 1. The van der Waals surface area contributed by atoms with Crippen molar-refractivity contribution in [2.75, 3.05) is 11.9 Å². The van der Waals surface area contributed by atoms with Crippen LogP contribution >= 0.6 is 22.9 Å². The molecule has 2 atom stereocenters. The Kier molecular flexibility index (Phi) is 4.42. The number of carbonyl (C=O) groups is 3. The Bertz CT molecular complexity index is 884. The summed E-state index contributed by atoms with van der Waals surface area (Å²) in [6.45, 7) is 0.411. The maximum atomic E-state index is 12.8. The third-order valence-corrected chi connectivity index (χ3v) is 5.82. The highest BCUT2D eigenvalue weighted by molar-refractivity contribution is 7.12. The molecule has 4 rings (SSSR count). The van der Waals surface area contributed by atoms with E-state index in [9.17, 15) is 14.4 Å². The lowest BCUT2D eigenvalue weighted by Crippen LogP contribution is -2.54. The minimum absolute atomic E-state index is 0.145. The summed E-state index contributed by atoms with van der Waals surface area (Å²) in [6.07, 6.45) is 0.992. The van der Waals surface area contributed by atoms with Crippen LogP contribution in [-0.4, -0.2) is 41.2 Å². The van der Waals surface area contributed by atoms with Crippen molar-refractivity contribution in [3.05, 3.63) is 51.2 Å². The molecule has 1 aromatic heterocycles. The second-order valence-electron chi connectivity index (χ2n) is 6.37. The van der Waals surface area contributed by atoms with Gasteiger partial charge < -0.3 is 15.5 Å². The van der Waals surface area contributed by atoms with Crippen molar-refractivity contribution in [1.82, 2.24) is 10.2 Å². The van der Waals surface area contributed by atoms with E-state index in [-0.39, 0.29) is 23.8 Å². The van der Waals surface area contributed by atoms with Gasteiger partial charge in [-0.1, -0.05) is 17.7 Å². The summed E-state index contributed by atoms with van der Waals surface area (Å²) in [5, 5.41) is 8.07. The van der Waals surface area contributed by atoms with E-state index >= 15 is 0 Å². The lowest BCUT2D eigenvalue weighted by atomic mass is 9.96. The molecule has 2 aromatic rings. The molecule has 2 aliphatic heterocycles. The molecule has 1 fully saturated rings. The maximum absolute atomic E-state index is 12.8. The van der Waals surface area contributed by atoms with E-state index in [0.717, 1.165) is 0 Å². The van der Waals surface area contributed by atoms with Crippen LogP contribution < -0.4 is 10.6 Å².